The molecular formula is C26H20N4O4. The van der Waals surface area contributed by atoms with E-state index in [2.05, 4.69) is 9.88 Å². The van der Waals surface area contributed by atoms with Gasteiger partial charge in [-0.15, -0.1) is 0 Å². The number of hydrogen-bond acceptors (Lipinski definition) is 5. The summed E-state index contributed by atoms with van der Waals surface area (Å²) in [4.78, 5) is 26.4. The second-order valence-electron chi connectivity index (χ2n) is 9.72. The smallest absolute Gasteiger partial charge is 0.259 e. The summed E-state index contributed by atoms with van der Waals surface area (Å²) in [5.74, 6) is -0.794. The fraction of sp³-hybridized carbons (Fsp3) is 0.231. The van der Waals surface area contributed by atoms with Crippen molar-refractivity contribution in [2.45, 2.75) is 30.9 Å². The maximum absolute atomic E-state index is 13.2. The maximum atomic E-state index is 13.2. The van der Waals surface area contributed by atoms with Gasteiger partial charge in [-0.2, -0.15) is 0 Å². The van der Waals surface area contributed by atoms with Crippen LogP contribution < -0.4 is 11.1 Å². The minimum Gasteiger partial charge on any atom is -0.383 e. The monoisotopic (exact) mass is 452 g/mol. The molecule has 8 nitrogen and oxygen atoms in total. The highest BCUT2D eigenvalue weighted by Gasteiger charge is 2.60. The highest BCUT2D eigenvalue weighted by molar-refractivity contribution is 6.39. The normalized spacial score (nSPS) is 27.4. The van der Waals surface area contributed by atoms with Gasteiger partial charge in [-0.25, -0.2) is 0 Å². The second-order valence-corrected chi connectivity index (χ2v) is 9.72. The Labute approximate surface area is 192 Å². The molecule has 3 aromatic carbocycles. The van der Waals surface area contributed by atoms with E-state index in [-0.39, 0.29) is 12.5 Å². The van der Waals surface area contributed by atoms with Crippen LogP contribution in [0.15, 0.2) is 48.5 Å². The lowest BCUT2D eigenvalue weighted by Gasteiger charge is -2.39. The summed E-state index contributed by atoms with van der Waals surface area (Å²) in [5, 5.41) is 17.5. The van der Waals surface area contributed by atoms with Gasteiger partial charge in [-0.05, 0) is 19.1 Å². The molecule has 2 amide bonds. The van der Waals surface area contributed by atoms with Crippen molar-refractivity contribution in [2.75, 3.05) is 6.54 Å². The maximum Gasteiger partial charge on any atom is 0.259 e. The molecule has 8 rings (SSSR count). The van der Waals surface area contributed by atoms with Gasteiger partial charge in [0.1, 0.15) is 11.8 Å². The van der Waals surface area contributed by atoms with Gasteiger partial charge in [0.25, 0.3) is 11.8 Å². The van der Waals surface area contributed by atoms with Gasteiger partial charge < -0.3 is 24.7 Å². The molecule has 168 valence electrons. The number of ether oxygens (including phenoxy) is 1. The number of para-hydroxylation sites is 2. The molecule has 1 fully saturated rings. The van der Waals surface area contributed by atoms with E-state index in [1.54, 1.807) is 0 Å². The molecule has 0 spiro atoms. The average molecular weight is 452 g/mol. The van der Waals surface area contributed by atoms with E-state index in [4.69, 9.17) is 10.5 Å². The molecule has 0 saturated carbocycles. The van der Waals surface area contributed by atoms with Crippen LogP contribution in [0.2, 0.25) is 0 Å². The van der Waals surface area contributed by atoms with Crippen LogP contribution in [0.3, 0.4) is 0 Å². The lowest BCUT2D eigenvalue weighted by molar-refractivity contribution is -0.173. The van der Waals surface area contributed by atoms with Crippen molar-refractivity contribution in [1.82, 2.24) is 14.5 Å². The number of aliphatic hydroxyl groups is 1. The van der Waals surface area contributed by atoms with Crippen LogP contribution in [0, 0.1) is 0 Å². The lowest BCUT2D eigenvalue weighted by atomic mass is 9.89. The third-order valence-electron chi connectivity index (χ3n) is 8.23. The van der Waals surface area contributed by atoms with Crippen LogP contribution in [-0.4, -0.2) is 38.2 Å². The Bertz CT molecular complexity index is 1810. The van der Waals surface area contributed by atoms with Gasteiger partial charge in [0, 0.05) is 34.5 Å². The molecule has 4 N–H and O–H groups in total. The molecule has 2 aromatic heterocycles. The van der Waals surface area contributed by atoms with Crippen LogP contribution in [-0.2, 0) is 10.5 Å². The molecule has 5 heterocycles. The first-order valence-corrected chi connectivity index (χ1v) is 11.4. The number of nitrogens with zero attached hydrogens (tertiary/aromatic N) is 2. The average Bonchev–Trinajstić information content (AvgIpc) is 3.49. The molecule has 2 bridgehead atoms. The Balaban J connectivity index is 1.79. The van der Waals surface area contributed by atoms with Gasteiger partial charge in [0.15, 0.2) is 5.72 Å². The fourth-order valence-corrected chi connectivity index (χ4v) is 6.71. The van der Waals surface area contributed by atoms with E-state index in [1.165, 1.54) is 0 Å². The molecular weight excluding hydrogens is 432 g/mol. The van der Waals surface area contributed by atoms with Crippen molar-refractivity contribution in [2.24, 2.45) is 5.73 Å². The van der Waals surface area contributed by atoms with Gasteiger partial charge >= 0.3 is 0 Å². The summed E-state index contributed by atoms with van der Waals surface area (Å²) in [5.41, 5.74) is 7.73. The third-order valence-corrected chi connectivity index (χ3v) is 8.23. The number of nitrogens with two attached hydrogens (primary N) is 1. The van der Waals surface area contributed by atoms with Gasteiger partial charge in [0.05, 0.1) is 33.2 Å². The Morgan fingerprint density at radius 2 is 1.59 bits per heavy atom. The fourth-order valence-electron chi connectivity index (χ4n) is 6.71. The van der Waals surface area contributed by atoms with E-state index in [9.17, 15) is 14.7 Å². The van der Waals surface area contributed by atoms with Crippen molar-refractivity contribution in [3.8, 4) is 0 Å². The molecule has 3 atom stereocenters. The predicted octanol–water partition coefficient (Wildman–Crippen LogP) is 3.08. The molecule has 0 unspecified atom stereocenters. The SMILES string of the molecule is C[C@]12O[C@H](C[C@@]1(O)CN)n1c3ccccc3c3c4c(c5c6ccccc6n2c5c31)C(=O)NC4=O. The Morgan fingerprint density at radius 3 is 2.26 bits per heavy atom. The van der Waals surface area contributed by atoms with Crippen LogP contribution in [0.25, 0.3) is 43.6 Å². The Hall–Kier alpha value is -3.72. The number of fused-ring (bicyclic) bond motifs is 13. The lowest BCUT2D eigenvalue weighted by Crippen LogP contribution is -2.55. The number of hydrogen-bond donors (Lipinski definition) is 3. The third kappa shape index (κ3) is 1.73. The highest BCUT2D eigenvalue weighted by Crippen LogP contribution is 2.57. The molecule has 0 aliphatic carbocycles. The summed E-state index contributed by atoms with van der Waals surface area (Å²) in [7, 11) is 0. The van der Waals surface area contributed by atoms with E-state index < -0.39 is 23.5 Å². The summed E-state index contributed by atoms with van der Waals surface area (Å²) in [6.07, 6.45) is -0.204. The second kappa shape index (κ2) is 5.50. The van der Waals surface area contributed by atoms with Crippen LogP contribution in [0.4, 0.5) is 0 Å². The van der Waals surface area contributed by atoms with Crippen molar-refractivity contribution in [1.29, 1.82) is 0 Å². The number of imide groups is 1. The highest BCUT2D eigenvalue weighted by atomic mass is 16.6. The van der Waals surface area contributed by atoms with Crippen LogP contribution in [0.1, 0.15) is 40.3 Å². The number of carbonyl (C=O) groups excluding carboxylic acids is 2. The van der Waals surface area contributed by atoms with Crippen molar-refractivity contribution >= 4 is 55.4 Å². The zero-order valence-corrected chi connectivity index (χ0v) is 18.3. The summed E-state index contributed by atoms with van der Waals surface area (Å²) < 4.78 is 10.8. The topological polar surface area (TPSA) is 112 Å². The number of aromatic nitrogens is 2. The first-order valence-electron chi connectivity index (χ1n) is 11.4. The zero-order chi connectivity index (χ0) is 23.1. The first kappa shape index (κ1) is 18.7. The molecule has 34 heavy (non-hydrogen) atoms. The summed E-state index contributed by atoms with van der Waals surface area (Å²) in [6, 6.07) is 15.6. The minimum atomic E-state index is -1.35. The van der Waals surface area contributed by atoms with Crippen molar-refractivity contribution in [3.05, 3.63) is 59.7 Å². The zero-order valence-electron chi connectivity index (χ0n) is 18.3. The van der Waals surface area contributed by atoms with Crippen LogP contribution >= 0.6 is 0 Å². The minimum absolute atomic E-state index is 0.00951. The van der Waals surface area contributed by atoms with Crippen molar-refractivity contribution in [3.63, 3.8) is 0 Å². The molecule has 8 heteroatoms. The molecule has 0 radical (unpaired) electrons. The number of benzene rings is 3. The standard InChI is InChI=1S/C26H20N4O4/c1-25-26(33,11-27)10-16(34-25)29-14-8-4-2-6-12(14)17-19-20(24(32)28-23(19)31)18-13-7-3-5-9-15(13)30(25)22(18)21(17)29/h2-9,16,33H,10-11,27H2,1H3,(H,28,31,32)/t16-,25+,26-/m1/s1. The van der Waals surface area contributed by atoms with Crippen LogP contribution in [0.5, 0.6) is 0 Å². The number of rotatable bonds is 1. The Morgan fingerprint density at radius 1 is 1.00 bits per heavy atom. The van der Waals surface area contributed by atoms with Gasteiger partial charge in [-0.3, -0.25) is 14.9 Å². The van der Waals surface area contributed by atoms with E-state index in [0.29, 0.717) is 22.9 Å². The Kier molecular flexibility index (Phi) is 3.02. The summed E-state index contributed by atoms with van der Waals surface area (Å²) in [6.45, 7) is 1.88. The number of carbonyl (C=O) groups is 2. The first-order chi connectivity index (χ1) is 16.4. The van der Waals surface area contributed by atoms with Crippen molar-refractivity contribution < 1.29 is 19.4 Å². The number of amides is 2. The molecule has 1 saturated heterocycles. The molecule has 3 aliphatic heterocycles. The van der Waals surface area contributed by atoms with E-state index >= 15 is 0 Å². The quantitative estimate of drug-likeness (QED) is 0.339. The number of nitrogens with one attached hydrogen (secondary N) is 1. The van der Waals surface area contributed by atoms with E-state index in [0.717, 1.165) is 38.2 Å². The predicted molar refractivity (Wildman–Crippen MR) is 127 cm³/mol. The van der Waals surface area contributed by atoms with Gasteiger partial charge in [0.2, 0.25) is 0 Å². The summed E-state index contributed by atoms with van der Waals surface area (Å²) >= 11 is 0. The van der Waals surface area contributed by atoms with E-state index in [1.807, 2.05) is 60.0 Å². The largest absolute Gasteiger partial charge is 0.383 e. The van der Waals surface area contributed by atoms with Gasteiger partial charge in [-0.1, -0.05) is 36.4 Å². The molecule has 3 aliphatic rings. The molecule has 5 aromatic rings.